The quantitative estimate of drug-likeness (QED) is 0.456. The van der Waals surface area contributed by atoms with Crippen molar-refractivity contribution in [3.8, 4) is 11.3 Å². The van der Waals surface area contributed by atoms with Crippen LogP contribution in [0.2, 0.25) is 0 Å². The van der Waals surface area contributed by atoms with E-state index in [4.69, 9.17) is 0 Å². The topological polar surface area (TPSA) is 88.5 Å². The molecule has 1 aromatic carbocycles. The van der Waals surface area contributed by atoms with Gasteiger partial charge in [0.1, 0.15) is 17.5 Å². The molecule has 0 saturated carbocycles. The van der Waals surface area contributed by atoms with Gasteiger partial charge in [0.05, 0.1) is 17.9 Å². The van der Waals surface area contributed by atoms with Crippen LogP contribution in [0.1, 0.15) is 18.5 Å². The van der Waals surface area contributed by atoms with Gasteiger partial charge in [0.15, 0.2) is 0 Å². The van der Waals surface area contributed by atoms with E-state index in [1.165, 1.54) is 24.4 Å². The van der Waals surface area contributed by atoms with Crippen molar-refractivity contribution in [2.45, 2.75) is 13.0 Å². The standard InChI is InChI=1S/C21H17F2N7/c1-13(14-2-4-16(22)5-3-14)27-21-28-17(15-6-7-25-18(23)10-15)11-19(30-21)29-20-12-24-8-9-26-20/h2-13H,1H3,(H2,26,27,28,29,30)/t13-/m0/s1. The van der Waals surface area contributed by atoms with Crippen molar-refractivity contribution in [3.63, 3.8) is 0 Å². The molecule has 0 spiro atoms. The summed E-state index contributed by atoms with van der Waals surface area (Å²) in [6.45, 7) is 1.91. The molecule has 0 aliphatic rings. The third-order valence-corrected chi connectivity index (χ3v) is 4.28. The normalized spacial score (nSPS) is 11.7. The van der Waals surface area contributed by atoms with Gasteiger partial charge in [-0.2, -0.15) is 9.37 Å². The van der Waals surface area contributed by atoms with Crippen LogP contribution in [0.15, 0.2) is 67.3 Å². The van der Waals surface area contributed by atoms with Gasteiger partial charge >= 0.3 is 0 Å². The summed E-state index contributed by atoms with van der Waals surface area (Å²) in [5, 5.41) is 6.26. The van der Waals surface area contributed by atoms with Gasteiger partial charge < -0.3 is 10.6 Å². The average Bonchev–Trinajstić information content (AvgIpc) is 2.75. The lowest BCUT2D eigenvalue weighted by Crippen LogP contribution is -2.11. The molecule has 0 radical (unpaired) electrons. The number of pyridine rings is 1. The van der Waals surface area contributed by atoms with Crippen molar-refractivity contribution in [3.05, 3.63) is 84.6 Å². The Kier molecular flexibility index (Phi) is 5.51. The van der Waals surface area contributed by atoms with Gasteiger partial charge in [-0.3, -0.25) is 4.98 Å². The van der Waals surface area contributed by atoms with Gasteiger partial charge in [-0.05, 0) is 30.7 Å². The van der Waals surface area contributed by atoms with Crippen molar-refractivity contribution < 1.29 is 8.78 Å². The van der Waals surface area contributed by atoms with Crippen molar-refractivity contribution in [1.29, 1.82) is 0 Å². The Labute approximate surface area is 171 Å². The summed E-state index contributed by atoms with van der Waals surface area (Å²) in [6, 6.07) is 10.6. The number of hydrogen-bond acceptors (Lipinski definition) is 7. The predicted octanol–water partition coefficient (Wildman–Crippen LogP) is 4.52. The molecule has 3 heterocycles. The number of nitrogens with zero attached hydrogens (tertiary/aromatic N) is 5. The summed E-state index contributed by atoms with van der Waals surface area (Å²) in [5.41, 5.74) is 1.90. The first kappa shape index (κ1) is 19.3. The van der Waals surface area contributed by atoms with E-state index in [0.29, 0.717) is 28.8 Å². The molecule has 0 saturated heterocycles. The van der Waals surface area contributed by atoms with E-state index in [9.17, 15) is 8.78 Å². The van der Waals surface area contributed by atoms with E-state index in [-0.39, 0.29) is 11.9 Å². The van der Waals surface area contributed by atoms with Crippen LogP contribution in [-0.2, 0) is 0 Å². The number of anilines is 3. The predicted molar refractivity (Wildman–Crippen MR) is 109 cm³/mol. The first-order chi connectivity index (χ1) is 14.6. The average molecular weight is 405 g/mol. The van der Waals surface area contributed by atoms with Crippen LogP contribution in [0.3, 0.4) is 0 Å². The minimum atomic E-state index is -0.608. The van der Waals surface area contributed by atoms with Crippen LogP contribution < -0.4 is 10.6 Å². The Balaban J connectivity index is 1.68. The van der Waals surface area contributed by atoms with Gasteiger partial charge in [0.2, 0.25) is 11.9 Å². The van der Waals surface area contributed by atoms with Crippen LogP contribution in [0.5, 0.6) is 0 Å². The highest BCUT2D eigenvalue weighted by atomic mass is 19.1. The number of nitrogens with one attached hydrogen (secondary N) is 2. The Bertz CT molecular complexity index is 1140. The second kappa shape index (κ2) is 8.56. The lowest BCUT2D eigenvalue weighted by molar-refractivity contribution is 0.584. The smallest absolute Gasteiger partial charge is 0.225 e. The maximum Gasteiger partial charge on any atom is 0.225 e. The lowest BCUT2D eigenvalue weighted by Gasteiger charge is -2.16. The molecule has 0 aliphatic heterocycles. The van der Waals surface area contributed by atoms with Gasteiger partial charge in [0.25, 0.3) is 0 Å². The van der Waals surface area contributed by atoms with Crippen LogP contribution in [0.4, 0.5) is 26.4 Å². The zero-order chi connectivity index (χ0) is 20.9. The van der Waals surface area contributed by atoms with Gasteiger partial charge in [0, 0.05) is 36.3 Å². The molecule has 150 valence electrons. The van der Waals surface area contributed by atoms with Gasteiger partial charge in [-0.1, -0.05) is 12.1 Å². The summed E-state index contributed by atoms with van der Waals surface area (Å²) in [6.07, 6.45) is 6.05. The highest BCUT2D eigenvalue weighted by molar-refractivity contribution is 5.66. The second-order valence-corrected chi connectivity index (χ2v) is 6.46. The van der Waals surface area contributed by atoms with Crippen LogP contribution >= 0.6 is 0 Å². The fourth-order valence-corrected chi connectivity index (χ4v) is 2.81. The Morgan fingerprint density at radius 1 is 0.867 bits per heavy atom. The number of benzene rings is 1. The van der Waals surface area contributed by atoms with Crippen LogP contribution in [0.25, 0.3) is 11.3 Å². The maximum atomic E-state index is 13.6. The molecule has 2 N–H and O–H groups in total. The van der Waals surface area contributed by atoms with E-state index in [1.807, 2.05) is 6.92 Å². The number of hydrogen-bond donors (Lipinski definition) is 2. The highest BCUT2D eigenvalue weighted by Crippen LogP contribution is 2.25. The van der Waals surface area contributed by atoms with E-state index >= 15 is 0 Å². The van der Waals surface area contributed by atoms with Crippen LogP contribution in [-0.4, -0.2) is 24.9 Å². The molecule has 4 rings (SSSR count). The monoisotopic (exact) mass is 405 g/mol. The fraction of sp³-hybridized carbons (Fsp3) is 0.0952. The Morgan fingerprint density at radius 3 is 2.43 bits per heavy atom. The first-order valence-corrected chi connectivity index (χ1v) is 9.13. The van der Waals surface area contributed by atoms with Crippen molar-refractivity contribution >= 4 is 17.6 Å². The molecular weight excluding hydrogens is 388 g/mol. The molecule has 7 nitrogen and oxygen atoms in total. The molecule has 9 heteroatoms. The third kappa shape index (κ3) is 4.69. The molecular formula is C21H17F2N7. The molecule has 0 unspecified atom stereocenters. The fourth-order valence-electron chi connectivity index (χ4n) is 2.81. The molecule has 3 aromatic heterocycles. The Hall–Kier alpha value is -4.01. The molecule has 0 aliphatic carbocycles. The van der Waals surface area contributed by atoms with Gasteiger partial charge in [-0.25, -0.2) is 19.3 Å². The Morgan fingerprint density at radius 2 is 1.70 bits per heavy atom. The molecule has 0 bridgehead atoms. The SMILES string of the molecule is C[C@H](Nc1nc(Nc2cnccn2)cc(-c2ccnc(F)c2)n1)c1ccc(F)cc1. The van der Waals surface area contributed by atoms with E-state index in [0.717, 1.165) is 5.56 Å². The molecule has 0 fully saturated rings. The van der Waals surface area contributed by atoms with E-state index in [2.05, 4.69) is 35.6 Å². The molecule has 30 heavy (non-hydrogen) atoms. The van der Waals surface area contributed by atoms with E-state index < -0.39 is 5.95 Å². The summed E-state index contributed by atoms with van der Waals surface area (Å²) in [7, 11) is 0. The van der Waals surface area contributed by atoms with Gasteiger partial charge in [-0.15, -0.1) is 0 Å². The number of halogens is 2. The van der Waals surface area contributed by atoms with E-state index in [1.54, 1.807) is 42.9 Å². The minimum Gasteiger partial charge on any atom is -0.348 e. The maximum absolute atomic E-state index is 13.6. The minimum absolute atomic E-state index is 0.195. The largest absolute Gasteiger partial charge is 0.348 e. The summed E-state index contributed by atoms with van der Waals surface area (Å²) >= 11 is 0. The van der Waals surface area contributed by atoms with Crippen LogP contribution in [0, 0.1) is 11.8 Å². The molecule has 0 amide bonds. The molecule has 4 aromatic rings. The summed E-state index contributed by atoms with van der Waals surface area (Å²) in [4.78, 5) is 20.8. The molecule has 1 atom stereocenters. The number of rotatable bonds is 6. The highest BCUT2D eigenvalue weighted by Gasteiger charge is 2.12. The van der Waals surface area contributed by atoms with Crippen molar-refractivity contribution in [2.75, 3.05) is 10.6 Å². The first-order valence-electron chi connectivity index (χ1n) is 9.13. The third-order valence-electron chi connectivity index (χ3n) is 4.28. The zero-order valence-corrected chi connectivity index (χ0v) is 15.9. The second-order valence-electron chi connectivity index (χ2n) is 6.46. The summed E-state index contributed by atoms with van der Waals surface area (Å²) in [5.74, 6) is 0.350. The number of aromatic nitrogens is 5. The van der Waals surface area contributed by atoms with Crippen molar-refractivity contribution in [1.82, 2.24) is 24.9 Å². The lowest BCUT2D eigenvalue weighted by atomic mass is 10.1. The van der Waals surface area contributed by atoms with Crippen molar-refractivity contribution in [2.24, 2.45) is 0 Å². The zero-order valence-electron chi connectivity index (χ0n) is 15.9. The summed E-state index contributed by atoms with van der Waals surface area (Å²) < 4.78 is 26.8.